The minimum atomic E-state index is -0.709. The molecule has 0 fully saturated rings. The van der Waals surface area contributed by atoms with Crippen LogP contribution in [0, 0.1) is 5.92 Å². The Bertz CT molecular complexity index is 1010. The van der Waals surface area contributed by atoms with Crippen molar-refractivity contribution in [3.05, 3.63) is 70.3 Å². The summed E-state index contributed by atoms with van der Waals surface area (Å²) in [5.41, 5.74) is 2.24. The van der Waals surface area contributed by atoms with Crippen LogP contribution in [0.25, 0.3) is 0 Å². The first kappa shape index (κ1) is 22.4. The minimum absolute atomic E-state index is 0.136. The maximum Gasteiger partial charge on any atom is 0.338 e. The quantitative estimate of drug-likeness (QED) is 0.342. The normalized spacial score (nSPS) is 13.0. The summed E-state index contributed by atoms with van der Waals surface area (Å²) in [4.78, 5) is 51.1. The van der Waals surface area contributed by atoms with E-state index in [4.69, 9.17) is 4.74 Å². The Hall–Kier alpha value is -3.28. The molecule has 0 N–H and O–H groups in total. The smallest absolute Gasteiger partial charge is 0.338 e. The maximum atomic E-state index is 12.6. The van der Waals surface area contributed by atoms with Crippen LogP contribution in [0.4, 0.5) is 0 Å². The number of esters is 1. The minimum Gasteiger partial charge on any atom is -0.454 e. The van der Waals surface area contributed by atoms with Crippen molar-refractivity contribution in [3.63, 3.8) is 0 Å². The molecule has 162 valence electrons. The molecule has 0 bridgehead atoms. The highest BCUT2D eigenvalue weighted by molar-refractivity contribution is 6.22. The Morgan fingerprint density at radius 2 is 1.58 bits per heavy atom. The van der Waals surface area contributed by atoms with E-state index < -0.39 is 18.5 Å². The first-order chi connectivity index (χ1) is 14.8. The number of Topliss-reactive ketones (excluding diaryl/α,β-unsaturated/α-hetero) is 1. The van der Waals surface area contributed by atoms with E-state index in [9.17, 15) is 19.2 Å². The fraction of sp³-hybridized carbons (Fsp3) is 0.360. The Balaban J connectivity index is 1.64. The molecule has 6 heteroatoms. The highest BCUT2D eigenvalue weighted by Crippen LogP contribution is 2.25. The largest absolute Gasteiger partial charge is 0.454 e. The average molecular weight is 421 g/mol. The van der Waals surface area contributed by atoms with Gasteiger partial charge in [0.15, 0.2) is 12.4 Å². The molecule has 31 heavy (non-hydrogen) atoms. The van der Waals surface area contributed by atoms with Crippen molar-refractivity contribution in [2.24, 2.45) is 5.92 Å². The number of benzene rings is 2. The van der Waals surface area contributed by atoms with Crippen molar-refractivity contribution >= 4 is 23.6 Å². The van der Waals surface area contributed by atoms with Crippen molar-refractivity contribution in [1.82, 2.24) is 4.90 Å². The molecule has 2 aromatic carbocycles. The van der Waals surface area contributed by atoms with Gasteiger partial charge in [0.1, 0.15) is 0 Å². The summed E-state index contributed by atoms with van der Waals surface area (Å²) in [6.45, 7) is 6.08. The van der Waals surface area contributed by atoms with Gasteiger partial charge >= 0.3 is 5.97 Å². The number of imide groups is 1. The van der Waals surface area contributed by atoms with Crippen LogP contribution in [0.5, 0.6) is 0 Å². The maximum absolute atomic E-state index is 12.6. The predicted molar refractivity (Wildman–Crippen MR) is 116 cm³/mol. The topological polar surface area (TPSA) is 80.8 Å². The van der Waals surface area contributed by atoms with Crippen LogP contribution < -0.4 is 0 Å². The van der Waals surface area contributed by atoms with Crippen LogP contribution in [0.15, 0.2) is 42.5 Å². The van der Waals surface area contributed by atoms with Crippen molar-refractivity contribution in [3.8, 4) is 0 Å². The van der Waals surface area contributed by atoms with Gasteiger partial charge in [0.25, 0.3) is 11.8 Å². The SMILES string of the molecule is CCCc1ccc(C(=O)COC(=O)c2ccc3c(c2)C(=O)N(CCC(C)C)C3=O)cc1. The average Bonchev–Trinajstić information content (AvgIpc) is 3.00. The number of carbonyl (C=O) groups is 4. The highest BCUT2D eigenvalue weighted by atomic mass is 16.5. The summed E-state index contributed by atoms with van der Waals surface area (Å²) in [7, 11) is 0. The van der Waals surface area contributed by atoms with Crippen LogP contribution in [-0.2, 0) is 11.2 Å². The monoisotopic (exact) mass is 421 g/mol. The lowest BCUT2D eigenvalue weighted by Gasteiger charge is -2.14. The molecule has 0 aliphatic carbocycles. The zero-order valence-corrected chi connectivity index (χ0v) is 18.1. The Kier molecular flexibility index (Phi) is 7.00. The molecule has 6 nitrogen and oxygen atoms in total. The fourth-order valence-electron chi connectivity index (χ4n) is 3.45. The summed E-state index contributed by atoms with van der Waals surface area (Å²) >= 11 is 0. The van der Waals surface area contributed by atoms with Crippen molar-refractivity contribution < 1.29 is 23.9 Å². The van der Waals surface area contributed by atoms with Gasteiger partial charge in [-0.3, -0.25) is 19.3 Å². The van der Waals surface area contributed by atoms with E-state index in [0.29, 0.717) is 24.4 Å². The molecule has 0 radical (unpaired) electrons. The second kappa shape index (κ2) is 9.69. The molecule has 1 heterocycles. The first-order valence-corrected chi connectivity index (χ1v) is 10.6. The van der Waals surface area contributed by atoms with Crippen LogP contribution in [0.2, 0.25) is 0 Å². The van der Waals surface area contributed by atoms with Gasteiger partial charge in [0, 0.05) is 12.1 Å². The van der Waals surface area contributed by atoms with Gasteiger partial charge in [0.2, 0.25) is 0 Å². The third-order valence-corrected chi connectivity index (χ3v) is 5.29. The van der Waals surface area contributed by atoms with Crippen LogP contribution >= 0.6 is 0 Å². The van der Waals surface area contributed by atoms with Crippen molar-refractivity contribution in [2.75, 3.05) is 13.2 Å². The number of ketones is 1. The van der Waals surface area contributed by atoms with Gasteiger partial charge < -0.3 is 4.74 Å². The molecule has 0 unspecified atom stereocenters. The van der Waals surface area contributed by atoms with E-state index in [2.05, 4.69) is 6.92 Å². The number of rotatable bonds is 9. The molecule has 0 spiro atoms. The van der Waals surface area contributed by atoms with Gasteiger partial charge in [0.05, 0.1) is 16.7 Å². The number of fused-ring (bicyclic) bond motifs is 1. The summed E-state index contributed by atoms with van der Waals surface area (Å²) in [6, 6.07) is 11.5. The fourth-order valence-corrected chi connectivity index (χ4v) is 3.45. The second-order valence-corrected chi connectivity index (χ2v) is 8.15. The third kappa shape index (κ3) is 5.08. The zero-order valence-electron chi connectivity index (χ0n) is 18.1. The molecule has 0 aromatic heterocycles. The van der Waals surface area contributed by atoms with E-state index in [0.717, 1.165) is 18.4 Å². The number of hydrogen-bond acceptors (Lipinski definition) is 5. The number of ether oxygens (including phenoxy) is 1. The lowest BCUT2D eigenvalue weighted by atomic mass is 10.1. The molecular formula is C25H27NO5. The lowest BCUT2D eigenvalue weighted by molar-refractivity contribution is 0.0474. The highest BCUT2D eigenvalue weighted by Gasteiger charge is 2.35. The Morgan fingerprint density at radius 1 is 0.935 bits per heavy atom. The molecule has 0 saturated carbocycles. The van der Waals surface area contributed by atoms with E-state index >= 15 is 0 Å². The van der Waals surface area contributed by atoms with Gasteiger partial charge in [-0.25, -0.2) is 4.79 Å². The predicted octanol–water partition coefficient (Wildman–Crippen LogP) is 4.32. The van der Waals surface area contributed by atoms with E-state index in [-0.39, 0.29) is 28.4 Å². The van der Waals surface area contributed by atoms with Crippen molar-refractivity contribution in [1.29, 1.82) is 0 Å². The first-order valence-electron chi connectivity index (χ1n) is 10.6. The summed E-state index contributed by atoms with van der Waals surface area (Å²) in [5, 5.41) is 0. The summed E-state index contributed by atoms with van der Waals surface area (Å²) < 4.78 is 5.15. The van der Waals surface area contributed by atoms with Crippen LogP contribution in [-0.4, -0.2) is 41.6 Å². The number of hydrogen-bond donors (Lipinski definition) is 0. The molecule has 3 rings (SSSR count). The number of amides is 2. The van der Waals surface area contributed by atoms with Crippen LogP contribution in [0.3, 0.4) is 0 Å². The van der Waals surface area contributed by atoms with Crippen molar-refractivity contribution in [2.45, 2.75) is 40.0 Å². The Labute approximate surface area is 182 Å². The summed E-state index contributed by atoms with van der Waals surface area (Å²) in [5.74, 6) is -1.40. The molecule has 2 aromatic rings. The third-order valence-electron chi connectivity index (χ3n) is 5.29. The zero-order chi connectivity index (χ0) is 22.5. The number of carbonyl (C=O) groups excluding carboxylic acids is 4. The molecule has 0 atom stereocenters. The number of aryl methyl sites for hydroxylation is 1. The van der Waals surface area contributed by atoms with E-state index in [1.165, 1.54) is 23.1 Å². The van der Waals surface area contributed by atoms with E-state index in [1.54, 1.807) is 12.1 Å². The van der Waals surface area contributed by atoms with Gasteiger partial charge in [-0.1, -0.05) is 51.5 Å². The molecule has 1 aliphatic heterocycles. The Morgan fingerprint density at radius 3 is 2.23 bits per heavy atom. The standard InChI is InChI=1S/C25H27NO5/c1-4-5-17-6-8-18(9-7-17)22(27)15-31-25(30)19-10-11-20-21(14-19)24(29)26(23(20)28)13-12-16(2)3/h6-11,14,16H,4-5,12-13,15H2,1-3H3. The van der Waals surface area contributed by atoms with Gasteiger partial charge in [-0.15, -0.1) is 0 Å². The molecule has 1 aliphatic rings. The lowest BCUT2D eigenvalue weighted by Crippen LogP contribution is -2.31. The molecular weight excluding hydrogens is 394 g/mol. The van der Waals surface area contributed by atoms with E-state index in [1.807, 2.05) is 26.0 Å². The molecule has 2 amide bonds. The van der Waals surface area contributed by atoms with Gasteiger partial charge in [-0.05, 0) is 42.5 Å². The number of nitrogens with zero attached hydrogens (tertiary/aromatic N) is 1. The van der Waals surface area contributed by atoms with Crippen LogP contribution in [0.1, 0.15) is 80.6 Å². The molecule has 0 saturated heterocycles. The second-order valence-electron chi connectivity index (χ2n) is 8.15. The van der Waals surface area contributed by atoms with Gasteiger partial charge in [-0.2, -0.15) is 0 Å². The summed E-state index contributed by atoms with van der Waals surface area (Å²) in [6.07, 6.45) is 2.68.